The van der Waals surface area contributed by atoms with Crippen molar-refractivity contribution in [1.29, 1.82) is 0 Å². The van der Waals surface area contributed by atoms with Gasteiger partial charge in [-0.3, -0.25) is 19.6 Å². The van der Waals surface area contributed by atoms with Gasteiger partial charge < -0.3 is 23.4 Å². The van der Waals surface area contributed by atoms with Crippen molar-refractivity contribution in [3.63, 3.8) is 0 Å². The first-order valence-corrected chi connectivity index (χ1v) is 26.1. The minimum absolute atomic E-state index is 0.00527. The highest BCUT2D eigenvalue weighted by Gasteiger charge is 2.42. The van der Waals surface area contributed by atoms with Gasteiger partial charge in [0.2, 0.25) is 0 Å². The molecule has 0 aliphatic carbocycles. The van der Waals surface area contributed by atoms with Gasteiger partial charge in [0.15, 0.2) is 10.9 Å². The second-order valence-corrected chi connectivity index (χ2v) is 22.2. The molecule has 10 heteroatoms. The molecule has 0 bridgehead atoms. The number of aryl methyl sites for hydroxylation is 2. The summed E-state index contributed by atoms with van der Waals surface area (Å²) in [7, 11) is 1.62. The maximum atomic E-state index is 14.2. The van der Waals surface area contributed by atoms with Crippen molar-refractivity contribution in [3.8, 4) is 5.75 Å². The summed E-state index contributed by atoms with van der Waals surface area (Å²) in [5, 5.41) is 0.963. The molecule has 9 nitrogen and oxygen atoms in total. The second kappa shape index (κ2) is 21.3. The number of methoxy groups -OCH3 is 1. The Morgan fingerprint density at radius 1 is 0.560 bits per heavy atom. The summed E-state index contributed by atoms with van der Waals surface area (Å²) in [6.07, 6.45) is 0.932. The predicted molar refractivity (Wildman–Crippen MR) is 302 cm³/mol. The molecule has 75 heavy (non-hydrogen) atoms. The van der Waals surface area contributed by atoms with Crippen LogP contribution in [-0.2, 0) is 12.8 Å². The molecule has 0 unspecified atom stereocenters. The molecule has 6 aromatic carbocycles. The largest absolute Gasteiger partial charge is 0.497 e. The zero-order chi connectivity index (χ0) is 53.3. The normalized spacial score (nSPS) is 15.8. The van der Waals surface area contributed by atoms with Gasteiger partial charge in [0.05, 0.1) is 41.0 Å². The Bertz CT molecular complexity index is 3520. The zero-order valence-corrected chi connectivity index (χ0v) is 45.2. The van der Waals surface area contributed by atoms with Crippen LogP contribution in [0.5, 0.6) is 5.75 Å². The molecule has 2 aliphatic heterocycles. The number of hydrogen-bond acceptors (Lipinski definition) is 9. The lowest BCUT2D eigenvalue weighted by Crippen LogP contribution is -2.39. The number of hydrogen-bond donors (Lipinski definition) is 0. The molecule has 2 aromatic heterocycles. The van der Waals surface area contributed by atoms with Crippen molar-refractivity contribution in [3.05, 3.63) is 228 Å². The summed E-state index contributed by atoms with van der Waals surface area (Å²) in [5.74, 6) is 3.58. The van der Waals surface area contributed by atoms with Crippen LogP contribution in [0.2, 0.25) is 0 Å². The van der Waals surface area contributed by atoms with Gasteiger partial charge in [-0.15, -0.1) is 0 Å². The smallest absolute Gasteiger partial charge is 0.196 e. The first-order valence-electron chi connectivity index (χ1n) is 26.1. The van der Waals surface area contributed by atoms with E-state index in [0.29, 0.717) is 64.1 Å². The van der Waals surface area contributed by atoms with Crippen molar-refractivity contribution in [2.75, 3.05) is 20.2 Å². The van der Waals surface area contributed by atoms with Gasteiger partial charge in [-0.2, -0.15) is 0 Å². The van der Waals surface area contributed by atoms with Gasteiger partial charge in [-0.25, -0.2) is 4.39 Å². The molecule has 10 rings (SSSR count). The molecular weight excluding hydrogens is 936 g/mol. The summed E-state index contributed by atoms with van der Waals surface area (Å²) in [6, 6.07) is 46.1. The molecule has 4 heterocycles. The molecular formula is C65H69FN4O5. The van der Waals surface area contributed by atoms with Crippen LogP contribution in [-0.4, -0.2) is 52.7 Å². The summed E-state index contributed by atoms with van der Waals surface area (Å²) < 4.78 is 32.9. The number of nitrogens with zero attached hydrogens (tertiary/aromatic N) is 4. The Morgan fingerprint density at radius 3 is 1.36 bits per heavy atom. The summed E-state index contributed by atoms with van der Waals surface area (Å²) in [5.41, 5.74) is 8.01. The van der Waals surface area contributed by atoms with E-state index in [1.165, 1.54) is 29.3 Å². The number of benzene rings is 6. The van der Waals surface area contributed by atoms with Gasteiger partial charge in [0.1, 0.15) is 45.9 Å². The lowest BCUT2D eigenvalue weighted by Gasteiger charge is -2.35. The number of aliphatic imine (C=N–C) groups is 2. The zero-order valence-electron chi connectivity index (χ0n) is 45.2. The quantitative estimate of drug-likeness (QED) is 0.113. The number of halogens is 1. The molecule has 0 amide bonds. The van der Waals surface area contributed by atoms with Gasteiger partial charge in [0.25, 0.3) is 0 Å². The van der Waals surface area contributed by atoms with Crippen LogP contribution in [0.1, 0.15) is 124 Å². The van der Waals surface area contributed by atoms with Crippen LogP contribution in [0.15, 0.2) is 174 Å². The van der Waals surface area contributed by atoms with Gasteiger partial charge in [0, 0.05) is 60.3 Å². The predicted octanol–water partition coefficient (Wildman–Crippen LogP) is 14.0. The SMILES string of the molecule is COc1ccc2c(=O)c(Cc3ccccc3)c([C@@H](C(C)C)N3CC(C)(C)N=C3c3ccc(C)cc3)oc2c1.Cc1ccc(C2=NC(C)(C)CN2[C@@H](c2oc3cc(F)ccc3c(=O)c2Cc2ccccc2)C(C)C)cc1. The fraction of sp³-hybridized carbons (Fsp3) is 0.323. The molecule has 2 atom stereocenters. The van der Waals surface area contributed by atoms with Crippen molar-refractivity contribution >= 4 is 33.6 Å². The van der Waals surface area contributed by atoms with E-state index in [1.54, 1.807) is 13.2 Å². The number of rotatable bonds is 13. The van der Waals surface area contributed by atoms with Crippen LogP contribution in [0.4, 0.5) is 4.39 Å². The molecule has 0 saturated carbocycles. The third-order valence-electron chi connectivity index (χ3n) is 14.2. The maximum Gasteiger partial charge on any atom is 0.196 e. The lowest BCUT2D eigenvalue weighted by atomic mass is 9.91. The summed E-state index contributed by atoms with van der Waals surface area (Å²) in [6.45, 7) is 22.7. The van der Waals surface area contributed by atoms with Crippen molar-refractivity contribution in [2.45, 2.75) is 105 Å². The van der Waals surface area contributed by atoms with Gasteiger partial charge >= 0.3 is 0 Å². The highest BCUT2D eigenvalue weighted by Crippen LogP contribution is 2.41. The fourth-order valence-corrected chi connectivity index (χ4v) is 10.7. The molecule has 0 saturated heterocycles. The Labute approximate surface area is 440 Å². The molecule has 2 aliphatic rings. The van der Waals surface area contributed by atoms with Gasteiger partial charge in [-0.05, 0) is 88.8 Å². The monoisotopic (exact) mass is 1000 g/mol. The van der Waals surface area contributed by atoms with E-state index in [1.807, 2.05) is 60.7 Å². The van der Waals surface area contributed by atoms with E-state index >= 15 is 0 Å². The Hall–Kier alpha value is -7.59. The molecule has 0 spiro atoms. The van der Waals surface area contributed by atoms with Gasteiger partial charge in [-0.1, -0.05) is 148 Å². The van der Waals surface area contributed by atoms with Crippen molar-refractivity contribution < 1.29 is 18.0 Å². The van der Waals surface area contributed by atoms with Crippen LogP contribution in [0.3, 0.4) is 0 Å². The molecule has 0 N–H and O–H groups in total. The Kier molecular flexibility index (Phi) is 14.9. The van der Waals surface area contributed by atoms with Crippen LogP contribution < -0.4 is 15.6 Å². The first-order chi connectivity index (χ1) is 35.8. The van der Waals surface area contributed by atoms with E-state index in [0.717, 1.165) is 40.5 Å². The van der Waals surface area contributed by atoms with Crippen molar-refractivity contribution in [1.82, 2.24) is 9.80 Å². The topological polar surface area (TPSA) is 101 Å². The lowest BCUT2D eigenvalue weighted by molar-refractivity contribution is 0.210. The molecule has 0 fully saturated rings. The second-order valence-electron chi connectivity index (χ2n) is 22.2. The minimum Gasteiger partial charge on any atom is -0.497 e. The Balaban J connectivity index is 0.000000184. The molecule has 8 aromatic rings. The number of ether oxygens (including phenoxy) is 1. The van der Waals surface area contributed by atoms with E-state index in [9.17, 15) is 14.0 Å². The number of amidine groups is 2. The highest BCUT2D eigenvalue weighted by molar-refractivity contribution is 6.01. The first kappa shape index (κ1) is 52.3. The van der Waals surface area contributed by atoms with Crippen LogP contribution in [0.25, 0.3) is 21.9 Å². The third-order valence-corrected chi connectivity index (χ3v) is 14.2. The average Bonchev–Trinajstić information content (AvgIpc) is 3.88. The average molecular weight is 1010 g/mol. The van der Waals surface area contributed by atoms with Crippen LogP contribution >= 0.6 is 0 Å². The van der Waals surface area contributed by atoms with Crippen LogP contribution in [0, 0.1) is 31.5 Å². The number of fused-ring (bicyclic) bond motifs is 2. The highest BCUT2D eigenvalue weighted by atomic mass is 19.1. The van der Waals surface area contributed by atoms with E-state index < -0.39 is 5.82 Å². The van der Waals surface area contributed by atoms with E-state index in [-0.39, 0.29) is 51.4 Å². The summed E-state index contributed by atoms with van der Waals surface area (Å²) in [4.78, 5) is 42.8. The molecule has 0 radical (unpaired) electrons. The Morgan fingerprint density at radius 2 is 0.960 bits per heavy atom. The maximum absolute atomic E-state index is 14.2. The standard InChI is InChI=1S/C33H36N2O3.C32H33FN2O2/c1-21(2)29(35-20-33(4,5)34-32(35)24-14-12-22(3)13-15-24)31-27(18-23-10-8-7-9-11-23)30(36)26-17-16-25(37-6)19-28(26)38-31;1-20(2)28(35-19-32(4,5)34-31(35)23-13-11-21(3)12-14-23)30-26(17-22-9-7-6-8-10-22)29(36)25-16-15-24(33)18-27(25)37-30/h7-17,19,21,29H,18,20H2,1-6H3;6-16,18,20,28H,17,19H2,1-5H3/t29-;28-/m11/s1. The minimum atomic E-state index is -0.428. The van der Waals surface area contributed by atoms with Crippen molar-refractivity contribution in [2.24, 2.45) is 21.8 Å². The molecule has 386 valence electrons. The van der Waals surface area contributed by atoms with E-state index in [4.69, 9.17) is 23.6 Å². The fourth-order valence-electron chi connectivity index (χ4n) is 10.7. The third kappa shape index (κ3) is 11.3. The van der Waals surface area contributed by atoms with E-state index in [2.05, 4.69) is 140 Å². The summed E-state index contributed by atoms with van der Waals surface area (Å²) >= 11 is 0.